The Labute approximate surface area is 163 Å². The maximum Gasteiger partial charge on any atom is 0.409 e. The van der Waals surface area contributed by atoms with Crippen LogP contribution >= 0.6 is 0 Å². The van der Waals surface area contributed by atoms with E-state index < -0.39 is 0 Å². The fraction of sp³-hybridized carbons (Fsp3) is 0.619. The second kappa shape index (κ2) is 10.8. The molecule has 0 saturated carbocycles. The van der Waals surface area contributed by atoms with Gasteiger partial charge in [0.1, 0.15) is 0 Å². The number of carbonyl (C=O) groups is 1. The fourth-order valence-corrected chi connectivity index (χ4v) is 3.35. The van der Waals surface area contributed by atoms with E-state index in [1.165, 1.54) is 16.7 Å². The van der Waals surface area contributed by atoms with Crippen LogP contribution in [0.5, 0.6) is 0 Å². The van der Waals surface area contributed by atoms with Crippen molar-refractivity contribution in [1.82, 2.24) is 15.5 Å². The van der Waals surface area contributed by atoms with E-state index in [1.54, 1.807) is 4.90 Å². The van der Waals surface area contributed by atoms with Crippen molar-refractivity contribution >= 4 is 12.1 Å². The topological polar surface area (TPSA) is 66.0 Å². The van der Waals surface area contributed by atoms with Crippen molar-refractivity contribution in [3.8, 4) is 0 Å². The molecule has 1 amide bonds. The number of ether oxygens (including phenoxy) is 1. The highest BCUT2D eigenvalue weighted by Crippen LogP contribution is 2.12. The standard InChI is InChI=1S/C21H34N4O2/c1-5-22-20(23-12-9-18-8-7-16(3)15-17(18)4)24-19-10-13-25(14-11-19)21(26)27-6-2/h7-8,15,19H,5-6,9-14H2,1-4H3,(H2,22,23,24). The van der Waals surface area contributed by atoms with Crippen molar-refractivity contribution in [1.29, 1.82) is 0 Å². The molecule has 0 bridgehead atoms. The van der Waals surface area contributed by atoms with Crippen LogP contribution in [0.1, 0.15) is 43.4 Å². The van der Waals surface area contributed by atoms with Crippen molar-refractivity contribution in [3.63, 3.8) is 0 Å². The molecule has 0 spiro atoms. The van der Waals surface area contributed by atoms with Crippen LogP contribution < -0.4 is 10.6 Å². The summed E-state index contributed by atoms with van der Waals surface area (Å²) in [5.74, 6) is 0.858. The third kappa shape index (κ3) is 6.77. The molecule has 2 rings (SSSR count). The second-order valence-electron chi connectivity index (χ2n) is 7.05. The average Bonchev–Trinajstić information content (AvgIpc) is 2.64. The summed E-state index contributed by atoms with van der Waals surface area (Å²) < 4.78 is 5.08. The number of aliphatic imine (C=N–C) groups is 1. The number of rotatable bonds is 6. The highest BCUT2D eigenvalue weighted by Gasteiger charge is 2.23. The Morgan fingerprint density at radius 3 is 2.63 bits per heavy atom. The molecule has 1 aromatic carbocycles. The molecular formula is C21H34N4O2. The largest absolute Gasteiger partial charge is 0.450 e. The molecule has 6 heteroatoms. The van der Waals surface area contributed by atoms with Crippen molar-refractivity contribution in [2.24, 2.45) is 4.99 Å². The first kappa shape index (κ1) is 21.1. The summed E-state index contributed by atoms with van der Waals surface area (Å²) in [4.78, 5) is 18.3. The van der Waals surface area contributed by atoms with E-state index in [9.17, 15) is 4.79 Å². The Morgan fingerprint density at radius 2 is 2.00 bits per heavy atom. The molecule has 1 fully saturated rings. The summed E-state index contributed by atoms with van der Waals surface area (Å²) in [5, 5.41) is 6.85. The number of piperidine rings is 1. The lowest BCUT2D eigenvalue weighted by Gasteiger charge is -2.32. The third-order valence-electron chi connectivity index (χ3n) is 4.86. The first-order valence-electron chi connectivity index (χ1n) is 10.1. The number of benzene rings is 1. The van der Waals surface area contributed by atoms with Crippen molar-refractivity contribution in [2.75, 3.05) is 32.8 Å². The molecule has 27 heavy (non-hydrogen) atoms. The zero-order valence-corrected chi connectivity index (χ0v) is 17.2. The summed E-state index contributed by atoms with van der Waals surface area (Å²) in [6, 6.07) is 6.91. The normalized spacial score (nSPS) is 15.6. The summed E-state index contributed by atoms with van der Waals surface area (Å²) in [6.07, 6.45) is 2.54. The smallest absolute Gasteiger partial charge is 0.409 e. The number of nitrogens with one attached hydrogen (secondary N) is 2. The molecule has 2 N–H and O–H groups in total. The van der Waals surface area contributed by atoms with E-state index >= 15 is 0 Å². The molecule has 150 valence electrons. The summed E-state index contributed by atoms with van der Waals surface area (Å²) >= 11 is 0. The molecular weight excluding hydrogens is 340 g/mol. The van der Waals surface area contributed by atoms with Gasteiger partial charge >= 0.3 is 6.09 Å². The predicted molar refractivity (Wildman–Crippen MR) is 110 cm³/mol. The lowest BCUT2D eigenvalue weighted by Crippen LogP contribution is -2.50. The van der Waals surface area contributed by atoms with Crippen LogP contribution in [-0.2, 0) is 11.2 Å². The predicted octanol–water partition coefficient (Wildman–Crippen LogP) is 3.02. The molecule has 0 atom stereocenters. The Hall–Kier alpha value is -2.24. The Kier molecular flexibility index (Phi) is 8.43. The van der Waals surface area contributed by atoms with E-state index in [-0.39, 0.29) is 6.09 Å². The van der Waals surface area contributed by atoms with Gasteiger partial charge in [0.15, 0.2) is 5.96 Å². The van der Waals surface area contributed by atoms with Crippen LogP contribution in [0, 0.1) is 13.8 Å². The Morgan fingerprint density at radius 1 is 1.26 bits per heavy atom. The number of likely N-dealkylation sites (tertiary alicyclic amines) is 1. The lowest BCUT2D eigenvalue weighted by molar-refractivity contribution is 0.0963. The zero-order chi connectivity index (χ0) is 19.6. The first-order chi connectivity index (χ1) is 13.0. The quantitative estimate of drug-likeness (QED) is 0.593. The molecule has 1 heterocycles. The number of guanidine groups is 1. The van der Waals surface area contributed by atoms with E-state index in [2.05, 4.69) is 49.6 Å². The second-order valence-corrected chi connectivity index (χ2v) is 7.05. The van der Waals surface area contributed by atoms with Crippen molar-refractivity contribution in [3.05, 3.63) is 34.9 Å². The molecule has 1 saturated heterocycles. The van der Waals surface area contributed by atoms with Crippen LogP contribution in [0.2, 0.25) is 0 Å². The number of nitrogens with zero attached hydrogens (tertiary/aromatic N) is 2. The van der Waals surface area contributed by atoms with Gasteiger partial charge in [0.25, 0.3) is 0 Å². The first-order valence-corrected chi connectivity index (χ1v) is 10.1. The highest BCUT2D eigenvalue weighted by molar-refractivity contribution is 5.80. The van der Waals surface area contributed by atoms with Gasteiger partial charge in [0, 0.05) is 32.2 Å². The molecule has 0 aliphatic carbocycles. The maximum atomic E-state index is 11.8. The third-order valence-corrected chi connectivity index (χ3v) is 4.86. The van der Waals surface area contributed by atoms with E-state index in [4.69, 9.17) is 9.73 Å². The van der Waals surface area contributed by atoms with Crippen LogP contribution in [0.25, 0.3) is 0 Å². The number of aryl methyl sites for hydroxylation is 2. The zero-order valence-electron chi connectivity index (χ0n) is 17.2. The molecule has 1 aliphatic heterocycles. The van der Waals surface area contributed by atoms with E-state index in [0.717, 1.165) is 51.4 Å². The van der Waals surface area contributed by atoms with Gasteiger partial charge in [-0.3, -0.25) is 4.99 Å². The van der Waals surface area contributed by atoms with Gasteiger partial charge in [-0.1, -0.05) is 23.8 Å². The van der Waals surface area contributed by atoms with Gasteiger partial charge in [0.05, 0.1) is 6.61 Å². The molecule has 0 aromatic heterocycles. The van der Waals surface area contributed by atoms with Crippen LogP contribution in [0.3, 0.4) is 0 Å². The van der Waals surface area contributed by atoms with Crippen molar-refractivity contribution in [2.45, 2.75) is 53.0 Å². The molecule has 1 aromatic rings. The van der Waals surface area contributed by atoms with Crippen LogP contribution in [0.4, 0.5) is 4.79 Å². The number of hydrogen-bond acceptors (Lipinski definition) is 3. The van der Waals surface area contributed by atoms with Gasteiger partial charge in [-0.25, -0.2) is 4.79 Å². The maximum absolute atomic E-state index is 11.8. The minimum absolute atomic E-state index is 0.204. The highest BCUT2D eigenvalue weighted by atomic mass is 16.6. The Balaban J connectivity index is 1.84. The average molecular weight is 375 g/mol. The fourth-order valence-electron chi connectivity index (χ4n) is 3.35. The van der Waals surface area contributed by atoms with Gasteiger partial charge in [-0.2, -0.15) is 0 Å². The lowest BCUT2D eigenvalue weighted by atomic mass is 10.0. The van der Waals surface area contributed by atoms with Crippen LogP contribution in [0.15, 0.2) is 23.2 Å². The van der Waals surface area contributed by atoms with Gasteiger partial charge in [-0.15, -0.1) is 0 Å². The number of amides is 1. The summed E-state index contributed by atoms with van der Waals surface area (Å²) in [5.41, 5.74) is 3.97. The van der Waals surface area contributed by atoms with E-state index in [0.29, 0.717) is 12.6 Å². The van der Waals surface area contributed by atoms with Crippen molar-refractivity contribution < 1.29 is 9.53 Å². The number of carbonyl (C=O) groups excluding carboxylic acids is 1. The summed E-state index contributed by atoms with van der Waals surface area (Å²) in [6.45, 7) is 11.6. The molecule has 0 unspecified atom stereocenters. The molecule has 0 radical (unpaired) electrons. The molecule has 6 nitrogen and oxygen atoms in total. The van der Waals surface area contributed by atoms with Crippen LogP contribution in [-0.4, -0.2) is 55.8 Å². The van der Waals surface area contributed by atoms with Gasteiger partial charge in [0.2, 0.25) is 0 Å². The summed E-state index contributed by atoms with van der Waals surface area (Å²) in [7, 11) is 0. The Bertz CT molecular complexity index is 637. The molecule has 1 aliphatic rings. The van der Waals surface area contributed by atoms with Gasteiger partial charge < -0.3 is 20.3 Å². The van der Waals surface area contributed by atoms with Gasteiger partial charge in [-0.05, 0) is 58.1 Å². The monoisotopic (exact) mass is 374 g/mol. The van der Waals surface area contributed by atoms with E-state index in [1.807, 2.05) is 6.92 Å². The SMILES string of the molecule is CCNC(=NCCc1ccc(C)cc1C)NC1CCN(C(=O)OCC)CC1. The minimum atomic E-state index is -0.204. The minimum Gasteiger partial charge on any atom is -0.450 e. The number of hydrogen-bond donors (Lipinski definition) is 2.